The van der Waals surface area contributed by atoms with Crippen LogP contribution in [0.5, 0.6) is 0 Å². The third-order valence-corrected chi connectivity index (χ3v) is 12.0. The maximum absolute atomic E-state index is 5.20. The Morgan fingerprint density at radius 2 is 0.965 bits per heavy atom. The minimum Gasteiger partial charge on any atom is -0.310 e. The van der Waals surface area contributed by atoms with Crippen molar-refractivity contribution in [2.45, 2.75) is 19.3 Å². The number of hydrogen-bond acceptors (Lipinski definition) is 2. The molecule has 0 radical (unpaired) electrons. The molecule has 0 bridgehead atoms. The summed E-state index contributed by atoms with van der Waals surface area (Å²) < 4.78 is 2.36. The molecule has 0 saturated carbocycles. The quantitative estimate of drug-likeness (QED) is 0.170. The van der Waals surface area contributed by atoms with Gasteiger partial charge in [0.05, 0.1) is 11.0 Å². The summed E-state index contributed by atoms with van der Waals surface area (Å²) in [6, 6.07) is 72.6. The molecule has 8 aromatic carbocycles. The Kier molecular flexibility index (Phi) is 7.52. The van der Waals surface area contributed by atoms with Crippen molar-refractivity contribution in [2.24, 2.45) is 0 Å². The normalized spacial score (nSPS) is 12.9. The van der Waals surface area contributed by atoms with Crippen LogP contribution >= 0.6 is 0 Å². The Bertz CT molecular complexity index is 2980. The minimum absolute atomic E-state index is 0.245. The average molecular weight is 730 g/mol. The molecule has 11 rings (SSSR count). The van der Waals surface area contributed by atoms with Gasteiger partial charge in [-0.15, -0.1) is 0 Å². The highest BCUT2D eigenvalue weighted by molar-refractivity contribution is 6.02. The van der Waals surface area contributed by atoms with E-state index in [4.69, 9.17) is 4.98 Å². The van der Waals surface area contributed by atoms with Crippen molar-refractivity contribution in [3.05, 3.63) is 211 Å². The van der Waals surface area contributed by atoms with Gasteiger partial charge in [-0.2, -0.15) is 0 Å². The molecule has 0 aromatic heterocycles. The molecule has 2 aliphatic heterocycles. The third-order valence-electron chi connectivity index (χ3n) is 12.0. The molecule has 3 nitrogen and oxygen atoms in total. The predicted molar refractivity (Wildman–Crippen MR) is 238 cm³/mol. The van der Waals surface area contributed by atoms with E-state index in [9.17, 15) is 0 Å². The molecular weight excluding hydrogens is 691 g/mol. The number of nitrogens with zero attached hydrogens (tertiary/aromatic N) is 3. The summed E-state index contributed by atoms with van der Waals surface area (Å²) in [6.45, 7) is 4.74. The van der Waals surface area contributed by atoms with E-state index in [1.54, 1.807) is 0 Å². The zero-order valence-electron chi connectivity index (χ0n) is 31.9. The Morgan fingerprint density at radius 3 is 1.63 bits per heavy atom. The van der Waals surface area contributed by atoms with Crippen molar-refractivity contribution in [3.63, 3.8) is 0 Å². The molecule has 8 aromatic rings. The van der Waals surface area contributed by atoms with Crippen LogP contribution in [0.15, 0.2) is 200 Å². The van der Waals surface area contributed by atoms with Crippen LogP contribution in [0.3, 0.4) is 0 Å². The van der Waals surface area contributed by atoms with Gasteiger partial charge in [-0.3, -0.25) is 4.57 Å². The summed E-state index contributed by atoms with van der Waals surface area (Å²) in [7, 11) is 0. The van der Waals surface area contributed by atoms with Crippen molar-refractivity contribution in [2.75, 3.05) is 4.90 Å². The Balaban J connectivity index is 1.03. The molecule has 1 aliphatic carbocycles. The fraction of sp³-hybridized carbons (Fsp3) is 0.0556. The lowest BCUT2D eigenvalue weighted by Crippen LogP contribution is -2.17. The Labute approximate surface area is 333 Å². The number of benzene rings is 8. The monoisotopic (exact) mass is 729 g/mol. The molecule has 3 heteroatoms. The highest BCUT2D eigenvalue weighted by Crippen LogP contribution is 2.52. The van der Waals surface area contributed by atoms with Crippen LogP contribution in [0.2, 0.25) is 0 Å². The SMILES string of the molecule is CC1(C)c2cc(N(c3ccc(-c4ccccc4)cc3)c3ccc(-c4ccccc4)cc3)ccc2-c2ccc(-n3c4nc5ccccc5c-4cc4ccccc43)cc21. The molecule has 270 valence electrons. The number of pyridine rings is 1. The van der Waals surface area contributed by atoms with E-state index in [1.165, 1.54) is 60.8 Å². The van der Waals surface area contributed by atoms with E-state index in [2.05, 4.69) is 224 Å². The molecular formula is C54H39N3. The van der Waals surface area contributed by atoms with Gasteiger partial charge in [0.25, 0.3) is 0 Å². The molecule has 0 spiro atoms. The van der Waals surface area contributed by atoms with E-state index < -0.39 is 0 Å². The maximum atomic E-state index is 5.20. The fourth-order valence-corrected chi connectivity index (χ4v) is 9.06. The zero-order valence-corrected chi connectivity index (χ0v) is 31.9. The first-order valence-corrected chi connectivity index (χ1v) is 19.7. The molecule has 0 fully saturated rings. The van der Waals surface area contributed by atoms with Crippen LogP contribution in [0.4, 0.5) is 17.1 Å². The number of aromatic nitrogens is 2. The first kappa shape index (κ1) is 33.1. The standard InChI is InChI=1S/C54H39N3/c1-54(2)49-34-43(56(41-25-21-38(22-26-41)36-13-5-3-6-14-36)42-27-23-39(24-28-42)37-15-7-4-8-16-37)29-31-45(49)46-32-30-44(35-50(46)54)57-52-20-12-9-17-40(52)33-48-47-18-10-11-19-51(47)55-53(48)57/h3-35H,1-2H3. The molecule has 0 N–H and O–H groups in total. The highest BCUT2D eigenvalue weighted by Gasteiger charge is 2.37. The van der Waals surface area contributed by atoms with Crippen LogP contribution in [0, 0.1) is 0 Å². The minimum atomic E-state index is -0.245. The van der Waals surface area contributed by atoms with Crippen molar-refractivity contribution < 1.29 is 0 Å². The number of hydrogen-bond donors (Lipinski definition) is 0. The largest absolute Gasteiger partial charge is 0.310 e. The van der Waals surface area contributed by atoms with E-state index in [-0.39, 0.29) is 5.41 Å². The topological polar surface area (TPSA) is 21.1 Å². The van der Waals surface area contributed by atoms with E-state index in [0.717, 1.165) is 39.6 Å². The van der Waals surface area contributed by atoms with Crippen LogP contribution < -0.4 is 4.90 Å². The molecule has 57 heavy (non-hydrogen) atoms. The van der Waals surface area contributed by atoms with E-state index in [0.29, 0.717) is 0 Å². The molecule has 2 heterocycles. The van der Waals surface area contributed by atoms with Gasteiger partial charge in [0.2, 0.25) is 0 Å². The lowest BCUT2D eigenvalue weighted by Gasteiger charge is -2.28. The van der Waals surface area contributed by atoms with Crippen LogP contribution in [0.1, 0.15) is 25.0 Å². The van der Waals surface area contributed by atoms with E-state index in [1.807, 2.05) is 0 Å². The highest BCUT2D eigenvalue weighted by atomic mass is 15.1. The number of para-hydroxylation sites is 2. The smallest absolute Gasteiger partial charge is 0.146 e. The number of anilines is 3. The first-order chi connectivity index (χ1) is 28.0. The van der Waals surface area contributed by atoms with Gasteiger partial charge in [0.1, 0.15) is 5.82 Å². The fourth-order valence-electron chi connectivity index (χ4n) is 9.06. The summed E-state index contributed by atoms with van der Waals surface area (Å²) in [6.07, 6.45) is 0. The van der Waals surface area contributed by atoms with Crippen molar-refractivity contribution >= 4 is 38.9 Å². The second-order valence-electron chi connectivity index (χ2n) is 15.7. The van der Waals surface area contributed by atoms with Crippen LogP contribution in [0.25, 0.3) is 72.3 Å². The van der Waals surface area contributed by atoms with Gasteiger partial charge in [0.15, 0.2) is 0 Å². The van der Waals surface area contributed by atoms with Gasteiger partial charge < -0.3 is 4.90 Å². The molecule has 0 unspecified atom stereocenters. The van der Waals surface area contributed by atoms with Gasteiger partial charge >= 0.3 is 0 Å². The lowest BCUT2D eigenvalue weighted by atomic mass is 9.82. The summed E-state index contributed by atoms with van der Waals surface area (Å²) >= 11 is 0. The maximum Gasteiger partial charge on any atom is 0.146 e. The van der Waals surface area contributed by atoms with Gasteiger partial charge in [-0.25, -0.2) is 4.98 Å². The van der Waals surface area contributed by atoms with Gasteiger partial charge in [-0.1, -0.05) is 147 Å². The van der Waals surface area contributed by atoms with Crippen molar-refractivity contribution in [1.82, 2.24) is 9.55 Å². The van der Waals surface area contributed by atoms with Crippen LogP contribution in [-0.2, 0) is 5.41 Å². The van der Waals surface area contributed by atoms with Crippen LogP contribution in [-0.4, -0.2) is 9.55 Å². The molecule has 3 aliphatic rings. The second-order valence-corrected chi connectivity index (χ2v) is 15.7. The predicted octanol–water partition coefficient (Wildman–Crippen LogP) is 14.4. The van der Waals surface area contributed by atoms with Crippen molar-refractivity contribution in [1.29, 1.82) is 0 Å². The summed E-state index contributed by atoms with van der Waals surface area (Å²) in [5.41, 5.74) is 17.6. The van der Waals surface area contributed by atoms with Crippen molar-refractivity contribution in [3.8, 4) is 50.5 Å². The summed E-state index contributed by atoms with van der Waals surface area (Å²) in [4.78, 5) is 7.59. The summed E-state index contributed by atoms with van der Waals surface area (Å²) in [5.74, 6) is 0.984. The van der Waals surface area contributed by atoms with E-state index >= 15 is 0 Å². The number of rotatable bonds is 6. The zero-order chi connectivity index (χ0) is 38.1. The Hall–Kier alpha value is -7.23. The second kappa shape index (κ2) is 12.9. The summed E-state index contributed by atoms with van der Waals surface area (Å²) in [5, 5.41) is 2.38. The van der Waals surface area contributed by atoms with Gasteiger partial charge in [-0.05, 0) is 117 Å². The first-order valence-electron chi connectivity index (χ1n) is 19.7. The molecule has 0 saturated heterocycles. The third kappa shape index (κ3) is 5.38. The average Bonchev–Trinajstić information content (AvgIpc) is 3.74. The Morgan fingerprint density at radius 1 is 0.439 bits per heavy atom. The molecule has 0 amide bonds. The lowest BCUT2D eigenvalue weighted by molar-refractivity contribution is 0.660. The molecule has 0 atom stereocenters. The van der Waals surface area contributed by atoms with Gasteiger partial charge in [0, 0.05) is 39.1 Å². The number of fused-ring (bicyclic) bond motifs is 7.